The van der Waals surface area contributed by atoms with Gasteiger partial charge in [0.1, 0.15) is 5.82 Å². The van der Waals surface area contributed by atoms with Gasteiger partial charge in [0.25, 0.3) is 10.0 Å². The number of amides is 1. The first-order valence-electron chi connectivity index (χ1n) is 9.38. The molecule has 0 saturated carbocycles. The number of anilines is 1. The molecule has 2 atom stereocenters. The van der Waals surface area contributed by atoms with Gasteiger partial charge in [-0.1, -0.05) is 6.07 Å². The van der Waals surface area contributed by atoms with Crippen molar-refractivity contribution in [3.8, 4) is 0 Å². The van der Waals surface area contributed by atoms with Crippen molar-refractivity contribution in [2.24, 2.45) is 7.05 Å². The maximum atomic E-state index is 13.7. The van der Waals surface area contributed by atoms with Crippen LogP contribution in [0.4, 0.5) is 10.1 Å². The first-order chi connectivity index (χ1) is 13.6. The topological polar surface area (TPSA) is 87.5 Å². The average Bonchev–Trinajstić information content (AvgIpc) is 3.05. The summed E-state index contributed by atoms with van der Waals surface area (Å²) in [6.45, 7) is 6.16. The van der Waals surface area contributed by atoms with Crippen molar-refractivity contribution in [3.63, 3.8) is 0 Å². The van der Waals surface area contributed by atoms with E-state index in [4.69, 9.17) is 0 Å². The molecule has 0 bridgehead atoms. The highest BCUT2D eigenvalue weighted by atomic mass is 32.2. The summed E-state index contributed by atoms with van der Waals surface area (Å²) in [6, 6.07) is 3.89. The highest BCUT2D eigenvalue weighted by molar-refractivity contribution is 7.89. The predicted octanol–water partition coefficient (Wildman–Crippen LogP) is 1.59. The normalized spacial score (nSPS) is 21.3. The highest BCUT2D eigenvalue weighted by Gasteiger charge is 2.39. The molecule has 1 fully saturated rings. The lowest BCUT2D eigenvalue weighted by Crippen LogP contribution is -2.59. The minimum Gasteiger partial charge on any atom is -0.339 e. The van der Waals surface area contributed by atoms with E-state index in [9.17, 15) is 17.6 Å². The Balaban J connectivity index is 1.67. The van der Waals surface area contributed by atoms with Gasteiger partial charge in [-0.3, -0.25) is 9.69 Å². The number of benzene rings is 1. The number of nitrogens with one attached hydrogen (secondary N) is 1. The molecule has 1 aromatic heterocycles. The van der Waals surface area contributed by atoms with Gasteiger partial charge in [-0.05, 0) is 32.9 Å². The van der Waals surface area contributed by atoms with Crippen molar-refractivity contribution in [1.82, 2.24) is 18.8 Å². The molecule has 2 heterocycles. The number of rotatable bonds is 5. The van der Waals surface area contributed by atoms with Crippen molar-refractivity contribution in [2.75, 3.05) is 25.0 Å². The summed E-state index contributed by atoms with van der Waals surface area (Å²) < 4.78 is 42.7. The van der Waals surface area contributed by atoms with E-state index < -0.39 is 10.0 Å². The molecule has 1 aromatic carbocycles. The number of aromatic nitrogens is 2. The molecular weight excluding hydrogens is 397 g/mol. The molecule has 1 saturated heterocycles. The molecule has 0 radical (unpaired) electrons. The number of aryl methyl sites for hydroxylation is 1. The van der Waals surface area contributed by atoms with E-state index in [1.807, 2.05) is 18.7 Å². The number of piperazine rings is 1. The number of imidazole rings is 1. The quantitative estimate of drug-likeness (QED) is 0.789. The molecule has 1 aliphatic rings. The second kappa shape index (κ2) is 8.21. The Morgan fingerprint density at radius 3 is 2.52 bits per heavy atom. The van der Waals surface area contributed by atoms with Crippen LogP contribution in [0.25, 0.3) is 0 Å². The van der Waals surface area contributed by atoms with Gasteiger partial charge in [-0.2, -0.15) is 4.31 Å². The third-order valence-electron chi connectivity index (χ3n) is 5.05. The Kier molecular flexibility index (Phi) is 6.06. The molecule has 1 aliphatic heterocycles. The Bertz CT molecular complexity index is 995. The van der Waals surface area contributed by atoms with Crippen LogP contribution < -0.4 is 5.32 Å². The first kappa shape index (κ1) is 21.4. The fraction of sp³-hybridized carbons (Fsp3) is 0.474. The maximum absolute atomic E-state index is 13.7. The zero-order valence-corrected chi connectivity index (χ0v) is 17.8. The van der Waals surface area contributed by atoms with Crippen molar-refractivity contribution in [3.05, 3.63) is 42.1 Å². The molecule has 0 aliphatic carbocycles. The molecule has 2 aromatic rings. The maximum Gasteiger partial charge on any atom is 0.262 e. The average molecular weight is 424 g/mol. The summed E-state index contributed by atoms with van der Waals surface area (Å²) in [7, 11) is -2.00. The lowest BCUT2D eigenvalue weighted by molar-refractivity contribution is -0.118. The first-order valence-corrected chi connectivity index (χ1v) is 10.8. The number of hydrogen-bond acceptors (Lipinski definition) is 5. The van der Waals surface area contributed by atoms with Gasteiger partial charge in [0.15, 0.2) is 5.03 Å². The third-order valence-corrected chi connectivity index (χ3v) is 7.06. The fourth-order valence-electron chi connectivity index (χ4n) is 3.79. The van der Waals surface area contributed by atoms with Crippen molar-refractivity contribution >= 4 is 21.6 Å². The number of sulfonamides is 1. The lowest BCUT2D eigenvalue weighted by atomic mass is 10.1. The molecule has 1 N–H and O–H groups in total. The van der Waals surface area contributed by atoms with Gasteiger partial charge in [-0.15, -0.1) is 0 Å². The second-order valence-corrected chi connectivity index (χ2v) is 9.36. The number of carbonyl (C=O) groups excluding carboxylic acids is 1. The summed E-state index contributed by atoms with van der Waals surface area (Å²) in [5.74, 6) is -0.641. The van der Waals surface area contributed by atoms with Gasteiger partial charge in [0, 0.05) is 49.7 Å². The van der Waals surface area contributed by atoms with Crippen LogP contribution in [0, 0.1) is 12.7 Å². The minimum atomic E-state index is -3.72. The molecule has 8 nitrogen and oxygen atoms in total. The fourth-order valence-corrected chi connectivity index (χ4v) is 5.56. The van der Waals surface area contributed by atoms with Crippen LogP contribution in [0.15, 0.2) is 35.7 Å². The standard InChI is InChI=1S/C19H26FN5O3S/c1-13-8-24(10-18(26)22-17-7-5-6-16(20)15(17)3)9-14(2)25(13)29(27,28)19-11-23(4)12-21-19/h5-7,11-14H,8-10H2,1-4H3,(H,22,26)/t13-,14+. The molecule has 158 valence electrons. The molecule has 3 rings (SSSR count). The second-order valence-electron chi connectivity index (χ2n) is 7.57. The van der Waals surface area contributed by atoms with Gasteiger partial charge in [0.2, 0.25) is 5.91 Å². The number of halogens is 1. The lowest BCUT2D eigenvalue weighted by Gasteiger charge is -2.42. The number of nitrogens with zero attached hydrogens (tertiary/aromatic N) is 4. The van der Waals surface area contributed by atoms with Gasteiger partial charge in [0.05, 0.1) is 12.9 Å². The van der Waals surface area contributed by atoms with Crippen molar-refractivity contribution < 1.29 is 17.6 Å². The molecule has 1 amide bonds. The number of carbonyl (C=O) groups is 1. The largest absolute Gasteiger partial charge is 0.339 e. The summed E-state index contributed by atoms with van der Waals surface area (Å²) in [5, 5.41) is 2.75. The van der Waals surface area contributed by atoms with E-state index in [-0.39, 0.29) is 35.4 Å². The summed E-state index contributed by atoms with van der Waals surface area (Å²) in [6.07, 6.45) is 2.94. The van der Waals surface area contributed by atoms with Crippen LogP contribution in [0.2, 0.25) is 0 Å². The van der Waals surface area contributed by atoms with Gasteiger partial charge >= 0.3 is 0 Å². The molecular formula is C19H26FN5O3S. The smallest absolute Gasteiger partial charge is 0.262 e. The van der Waals surface area contributed by atoms with Crippen LogP contribution in [-0.4, -0.2) is 64.8 Å². The van der Waals surface area contributed by atoms with E-state index in [0.29, 0.717) is 24.3 Å². The SMILES string of the molecule is Cc1c(F)cccc1NC(=O)CN1C[C@@H](C)N(S(=O)(=O)c2cn(C)cn2)[C@@H](C)C1. The van der Waals surface area contributed by atoms with Gasteiger partial charge in [-0.25, -0.2) is 17.8 Å². The summed E-state index contributed by atoms with van der Waals surface area (Å²) in [5.41, 5.74) is 0.821. The Labute approximate surface area is 170 Å². The van der Waals surface area contributed by atoms with Crippen LogP contribution in [0.3, 0.4) is 0 Å². The van der Waals surface area contributed by atoms with Gasteiger partial charge < -0.3 is 9.88 Å². The van der Waals surface area contributed by atoms with E-state index in [1.165, 1.54) is 22.9 Å². The van der Waals surface area contributed by atoms with Crippen LogP contribution >= 0.6 is 0 Å². The third kappa shape index (κ3) is 4.49. The highest BCUT2D eigenvalue weighted by Crippen LogP contribution is 2.24. The van der Waals surface area contributed by atoms with Crippen molar-refractivity contribution in [2.45, 2.75) is 37.9 Å². The zero-order valence-electron chi connectivity index (χ0n) is 17.0. The Morgan fingerprint density at radius 2 is 1.93 bits per heavy atom. The number of hydrogen-bond donors (Lipinski definition) is 1. The molecule has 10 heteroatoms. The van der Waals surface area contributed by atoms with E-state index in [0.717, 1.165) is 0 Å². The van der Waals surface area contributed by atoms with Crippen molar-refractivity contribution in [1.29, 1.82) is 0 Å². The van der Waals surface area contributed by atoms with Crippen LogP contribution in [0.1, 0.15) is 19.4 Å². The minimum absolute atomic E-state index is 0.0199. The Morgan fingerprint density at radius 1 is 1.28 bits per heavy atom. The summed E-state index contributed by atoms with van der Waals surface area (Å²) >= 11 is 0. The monoisotopic (exact) mass is 423 g/mol. The summed E-state index contributed by atoms with van der Waals surface area (Å²) in [4.78, 5) is 18.3. The predicted molar refractivity (Wildman–Crippen MR) is 107 cm³/mol. The van der Waals surface area contributed by atoms with Crippen LogP contribution in [-0.2, 0) is 21.9 Å². The molecule has 29 heavy (non-hydrogen) atoms. The van der Waals surface area contributed by atoms with E-state index >= 15 is 0 Å². The molecule has 0 spiro atoms. The molecule has 0 unspecified atom stereocenters. The Hall–Kier alpha value is -2.30. The van der Waals surface area contributed by atoms with E-state index in [1.54, 1.807) is 30.7 Å². The van der Waals surface area contributed by atoms with Crippen LogP contribution in [0.5, 0.6) is 0 Å². The zero-order chi connectivity index (χ0) is 21.3. The van der Waals surface area contributed by atoms with E-state index in [2.05, 4.69) is 10.3 Å².